The van der Waals surface area contributed by atoms with Crippen molar-refractivity contribution in [2.75, 3.05) is 26.2 Å². The first-order chi connectivity index (χ1) is 13.2. The lowest BCUT2D eigenvalue weighted by Gasteiger charge is -2.30. The lowest BCUT2D eigenvalue weighted by Crippen LogP contribution is -2.37. The summed E-state index contributed by atoms with van der Waals surface area (Å²) in [6.45, 7) is 7.22. The molecule has 144 valence electrons. The first kappa shape index (κ1) is 18.0. The van der Waals surface area contributed by atoms with E-state index in [0.29, 0.717) is 13.2 Å². The van der Waals surface area contributed by atoms with Crippen LogP contribution < -0.4 is 10.1 Å². The number of likely N-dealkylation sites (tertiary alicyclic amines) is 1. The number of hydrogen-bond donors (Lipinski definition) is 1. The molecule has 0 saturated carbocycles. The first-order valence-corrected chi connectivity index (χ1v) is 9.96. The number of rotatable bonds is 6. The van der Waals surface area contributed by atoms with Crippen LogP contribution in [0.25, 0.3) is 11.3 Å². The predicted octanol–water partition coefficient (Wildman–Crippen LogP) is 2.68. The molecule has 0 aliphatic carbocycles. The molecule has 6 nitrogen and oxygen atoms in total. The van der Waals surface area contributed by atoms with Gasteiger partial charge in [0.25, 0.3) is 0 Å². The van der Waals surface area contributed by atoms with E-state index in [4.69, 9.17) is 4.74 Å². The minimum absolute atomic E-state index is 0.0110. The molecule has 1 aromatic carbocycles. The van der Waals surface area contributed by atoms with E-state index in [0.717, 1.165) is 41.5 Å². The highest BCUT2D eigenvalue weighted by atomic mass is 16.5. The number of ether oxygens (including phenoxy) is 1. The number of amides is 1. The number of para-hydroxylation sites is 1. The van der Waals surface area contributed by atoms with Gasteiger partial charge in [-0.05, 0) is 50.4 Å². The van der Waals surface area contributed by atoms with Crippen LogP contribution in [0.4, 0.5) is 0 Å². The number of piperidine rings is 1. The van der Waals surface area contributed by atoms with Gasteiger partial charge in [-0.2, -0.15) is 5.10 Å². The summed E-state index contributed by atoms with van der Waals surface area (Å²) in [6, 6.07) is 7.91. The lowest BCUT2D eigenvalue weighted by atomic mass is 10.0. The number of nitrogens with one attached hydrogen (secondary N) is 1. The van der Waals surface area contributed by atoms with Crippen molar-refractivity contribution in [3.8, 4) is 17.0 Å². The van der Waals surface area contributed by atoms with Crippen molar-refractivity contribution in [2.24, 2.45) is 5.92 Å². The summed E-state index contributed by atoms with van der Waals surface area (Å²) in [5.41, 5.74) is 3.03. The summed E-state index contributed by atoms with van der Waals surface area (Å²) >= 11 is 0. The highest BCUT2D eigenvalue weighted by molar-refractivity contribution is 5.78. The Kier molecular flexibility index (Phi) is 5.43. The Morgan fingerprint density at radius 2 is 2.26 bits per heavy atom. The minimum atomic E-state index is 0.0110. The molecule has 2 aliphatic rings. The van der Waals surface area contributed by atoms with Crippen molar-refractivity contribution in [1.29, 1.82) is 0 Å². The third-order valence-corrected chi connectivity index (χ3v) is 5.45. The fourth-order valence-corrected chi connectivity index (χ4v) is 4.12. The summed E-state index contributed by atoms with van der Waals surface area (Å²) in [4.78, 5) is 14.9. The largest absolute Gasteiger partial charge is 0.488 e. The Morgan fingerprint density at radius 1 is 1.37 bits per heavy atom. The molecule has 27 heavy (non-hydrogen) atoms. The average molecular weight is 368 g/mol. The molecule has 0 radical (unpaired) electrons. The van der Waals surface area contributed by atoms with Crippen LogP contribution in [0.2, 0.25) is 0 Å². The van der Waals surface area contributed by atoms with Crippen molar-refractivity contribution in [3.63, 3.8) is 0 Å². The molecule has 0 bridgehead atoms. The van der Waals surface area contributed by atoms with E-state index in [1.807, 2.05) is 24.3 Å². The number of carbonyl (C=O) groups is 1. The Bertz CT molecular complexity index is 801. The molecule has 1 atom stereocenters. The summed E-state index contributed by atoms with van der Waals surface area (Å²) in [6.07, 6.45) is 5.43. The Hall–Kier alpha value is -2.34. The van der Waals surface area contributed by atoms with E-state index >= 15 is 0 Å². The minimum Gasteiger partial charge on any atom is -0.488 e. The van der Waals surface area contributed by atoms with Crippen LogP contribution in [0.3, 0.4) is 0 Å². The maximum atomic E-state index is 12.4. The van der Waals surface area contributed by atoms with Crippen LogP contribution >= 0.6 is 0 Å². The van der Waals surface area contributed by atoms with Gasteiger partial charge in [-0.1, -0.05) is 19.1 Å². The van der Waals surface area contributed by atoms with Crippen LogP contribution in [0.15, 0.2) is 30.5 Å². The van der Waals surface area contributed by atoms with E-state index < -0.39 is 0 Å². The monoisotopic (exact) mass is 368 g/mol. The first-order valence-electron chi connectivity index (χ1n) is 9.96. The second-order valence-electron chi connectivity index (χ2n) is 7.71. The van der Waals surface area contributed by atoms with Crippen molar-refractivity contribution in [2.45, 2.75) is 39.3 Å². The SMILES string of the molecule is C[C@H]1CCCN(CCCNC(=O)Cn2ncc3c2-c2ccccc2OC3)C1. The molecule has 0 unspecified atom stereocenters. The van der Waals surface area contributed by atoms with Gasteiger partial charge in [0.1, 0.15) is 18.9 Å². The molecule has 1 N–H and O–H groups in total. The quantitative estimate of drug-likeness (QED) is 0.797. The molecule has 1 saturated heterocycles. The zero-order valence-corrected chi connectivity index (χ0v) is 16.0. The molecule has 0 spiro atoms. The number of nitrogens with zero attached hydrogens (tertiary/aromatic N) is 3. The van der Waals surface area contributed by atoms with Gasteiger partial charge in [0, 0.05) is 24.2 Å². The van der Waals surface area contributed by atoms with E-state index in [9.17, 15) is 4.79 Å². The third kappa shape index (κ3) is 4.16. The highest BCUT2D eigenvalue weighted by Crippen LogP contribution is 2.36. The standard InChI is InChI=1S/C21H28N4O2/c1-16-6-4-10-24(13-16)11-5-9-22-20(26)14-25-21-17(12-23-25)15-27-19-8-3-2-7-18(19)21/h2-3,7-8,12,16H,4-6,9-11,13-15H2,1H3,(H,22,26)/t16-/m0/s1. The summed E-state index contributed by atoms with van der Waals surface area (Å²) in [5, 5.41) is 7.46. The average Bonchev–Trinajstić information content (AvgIpc) is 3.09. The third-order valence-electron chi connectivity index (χ3n) is 5.45. The fourth-order valence-electron chi connectivity index (χ4n) is 4.12. The molecular formula is C21H28N4O2. The van der Waals surface area contributed by atoms with Gasteiger partial charge >= 0.3 is 0 Å². The smallest absolute Gasteiger partial charge is 0.241 e. The van der Waals surface area contributed by atoms with Crippen LogP contribution in [0, 0.1) is 5.92 Å². The Balaban J connectivity index is 1.29. The predicted molar refractivity (Wildman–Crippen MR) is 104 cm³/mol. The van der Waals surface area contributed by atoms with Crippen molar-refractivity contribution >= 4 is 5.91 Å². The van der Waals surface area contributed by atoms with Crippen LogP contribution in [-0.2, 0) is 17.9 Å². The van der Waals surface area contributed by atoms with E-state index in [1.54, 1.807) is 10.9 Å². The zero-order valence-electron chi connectivity index (χ0n) is 16.0. The van der Waals surface area contributed by atoms with Crippen LogP contribution in [-0.4, -0.2) is 46.8 Å². The molecule has 2 aromatic rings. The van der Waals surface area contributed by atoms with Gasteiger partial charge in [0.15, 0.2) is 0 Å². The summed E-state index contributed by atoms with van der Waals surface area (Å²) in [7, 11) is 0. The molecule has 1 amide bonds. The normalized spacial score (nSPS) is 19.1. The van der Waals surface area contributed by atoms with Gasteiger partial charge < -0.3 is 15.0 Å². The zero-order chi connectivity index (χ0) is 18.6. The highest BCUT2D eigenvalue weighted by Gasteiger charge is 2.22. The number of hydrogen-bond acceptors (Lipinski definition) is 4. The molecule has 4 rings (SSSR count). The van der Waals surface area contributed by atoms with Gasteiger partial charge in [-0.3, -0.25) is 9.48 Å². The summed E-state index contributed by atoms with van der Waals surface area (Å²) in [5.74, 6) is 1.66. The van der Waals surface area contributed by atoms with E-state index in [-0.39, 0.29) is 12.5 Å². The molecule has 1 aromatic heterocycles. The number of fused-ring (bicyclic) bond motifs is 3. The Morgan fingerprint density at radius 3 is 3.15 bits per heavy atom. The molecular weight excluding hydrogens is 340 g/mol. The number of carbonyl (C=O) groups excluding carboxylic acids is 1. The lowest BCUT2D eigenvalue weighted by molar-refractivity contribution is -0.121. The second kappa shape index (κ2) is 8.13. The van der Waals surface area contributed by atoms with Crippen molar-refractivity contribution in [3.05, 3.63) is 36.0 Å². The maximum Gasteiger partial charge on any atom is 0.241 e. The second-order valence-corrected chi connectivity index (χ2v) is 7.71. The van der Waals surface area contributed by atoms with Crippen molar-refractivity contribution < 1.29 is 9.53 Å². The molecule has 3 heterocycles. The maximum absolute atomic E-state index is 12.4. The van der Waals surface area contributed by atoms with Gasteiger partial charge in [-0.25, -0.2) is 0 Å². The Labute approximate surface area is 160 Å². The van der Waals surface area contributed by atoms with Gasteiger partial charge in [-0.15, -0.1) is 0 Å². The summed E-state index contributed by atoms with van der Waals surface area (Å²) < 4.78 is 7.54. The molecule has 1 fully saturated rings. The van der Waals surface area contributed by atoms with Crippen LogP contribution in [0.1, 0.15) is 31.7 Å². The molecule has 2 aliphatic heterocycles. The topological polar surface area (TPSA) is 59.4 Å². The number of benzene rings is 1. The molecule has 6 heteroatoms. The van der Waals surface area contributed by atoms with Crippen molar-refractivity contribution in [1.82, 2.24) is 20.0 Å². The van der Waals surface area contributed by atoms with Gasteiger partial charge in [0.05, 0.1) is 11.9 Å². The number of aromatic nitrogens is 2. The fraction of sp³-hybridized carbons (Fsp3) is 0.524. The van der Waals surface area contributed by atoms with E-state index in [2.05, 4.69) is 22.2 Å². The van der Waals surface area contributed by atoms with E-state index in [1.165, 1.54) is 25.9 Å². The van der Waals surface area contributed by atoms with Crippen LogP contribution in [0.5, 0.6) is 5.75 Å². The van der Waals surface area contributed by atoms with Gasteiger partial charge in [0.2, 0.25) is 5.91 Å².